The van der Waals surface area contributed by atoms with E-state index >= 15 is 0 Å². The van der Waals surface area contributed by atoms with E-state index < -0.39 is 0 Å². The average molecular weight is 657 g/mol. The SMILES string of the molecule is CC1C(C#N)=CC(c2ccccc2-c2ccc(C#N)cc2-n2c3ccccc3c3ccccc32)=CC1CN1c2ccccc2C2(C)C=CC=CC12. The van der Waals surface area contributed by atoms with Gasteiger partial charge in [-0.15, -0.1) is 0 Å². The second kappa shape index (κ2) is 11.9. The second-order valence-corrected chi connectivity index (χ2v) is 14.2. The lowest BCUT2D eigenvalue weighted by Gasteiger charge is -2.38. The van der Waals surface area contributed by atoms with Crippen LogP contribution in [0.3, 0.4) is 0 Å². The number of allylic oxidation sites excluding steroid dienone is 5. The molecule has 0 fully saturated rings. The maximum atomic E-state index is 10.5. The average Bonchev–Trinajstić information content (AvgIpc) is 3.64. The van der Waals surface area contributed by atoms with Crippen LogP contribution in [0.25, 0.3) is 44.2 Å². The standard InChI is InChI=1S/C47H36N4/c1-31-34(29-49)26-33(27-35(31)30-50-44-20-10-7-17-41(44)47(2)24-12-11-21-46(47)50)36-13-3-4-14-37(36)40-23-22-32(28-48)25-45(40)51-42-18-8-5-15-38(42)39-16-6-9-19-43(39)51/h3-27,31,35,46H,30H2,1-2H3. The van der Waals surface area contributed by atoms with Crippen LogP contribution in [0.1, 0.15) is 30.5 Å². The van der Waals surface area contributed by atoms with E-state index in [1.54, 1.807) is 0 Å². The highest BCUT2D eigenvalue weighted by molar-refractivity contribution is 6.10. The van der Waals surface area contributed by atoms with E-state index in [-0.39, 0.29) is 23.3 Å². The van der Waals surface area contributed by atoms with Crippen LogP contribution in [0, 0.1) is 34.5 Å². The summed E-state index contributed by atoms with van der Waals surface area (Å²) < 4.78 is 2.29. The Morgan fingerprint density at radius 3 is 2.14 bits per heavy atom. The summed E-state index contributed by atoms with van der Waals surface area (Å²) in [6.07, 6.45) is 13.5. The summed E-state index contributed by atoms with van der Waals surface area (Å²) in [7, 11) is 0. The first-order chi connectivity index (χ1) is 25.0. The zero-order valence-electron chi connectivity index (χ0n) is 28.7. The molecule has 6 aromatic rings. The molecule has 0 amide bonds. The summed E-state index contributed by atoms with van der Waals surface area (Å²) in [5.74, 6) is 0.177. The summed E-state index contributed by atoms with van der Waals surface area (Å²) in [5.41, 5.74) is 11.3. The van der Waals surface area contributed by atoms with Crippen LogP contribution in [0.2, 0.25) is 0 Å². The summed E-state index contributed by atoms with van der Waals surface area (Å²) in [4.78, 5) is 2.55. The number of anilines is 1. The first-order valence-corrected chi connectivity index (χ1v) is 17.7. The van der Waals surface area contributed by atoms with Gasteiger partial charge in [-0.25, -0.2) is 0 Å². The number of fused-ring (bicyclic) bond motifs is 6. The monoisotopic (exact) mass is 656 g/mol. The van der Waals surface area contributed by atoms with Crippen LogP contribution in [0.15, 0.2) is 157 Å². The van der Waals surface area contributed by atoms with Crippen molar-refractivity contribution in [3.05, 3.63) is 174 Å². The van der Waals surface area contributed by atoms with Crippen LogP contribution in [0.5, 0.6) is 0 Å². The zero-order chi connectivity index (χ0) is 34.7. The third kappa shape index (κ3) is 4.72. The third-order valence-electron chi connectivity index (χ3n) is 11.4. The van der Waals surface area contributed by atoms with Gasteiger partial charge in [0.1, 0.15) is 0 Å². The molecule has 0 saturated carbocycles. The molecule has 0 saturated heterocycles. The molecule has 4 heteroatoms. The molecule has 2 aliphatic carbocycles. The van der Waals surface area contributed by atoms with E-state index in [0.717, 1.165) is 51.1 Å². The molecule has 3 aliphatic rings. The predicted octanol–water partition coefficient (Wildman–Crippen LogP) is 10.7. The van der Waals surface area contributed by atoms with Gasteiger partial charge in [0.05, 0.1) is 40.5 Å². The molecule has 51 heavy (non-hydrogen) atoms. The van der Waals surface area contributed by atoms with Crippen LogP contribution >= 0.6 is 0 Å². The number of nitrogens with zero attached hydrogens (tertiary/aromatic N) is 4. The fourth-order valence-electron chi connectivity index (χ4n) is 8.80. The first-order valence-electron chi connectivity index (χ1n) is 17.7. The lowest BCUT2D eigenvalue weighted by atomic mass is 9.75. The minimum Gasteiger partial charge on any atom is -0.363 e. The van der Waals surface area contributed by atoms with Crippen molar-refractivity contribution in [2.75, 3.05) is 11.4 Å². The van der Waals surface area contributed by atoms with E-state index in [4.69, 9.17) is 0 Å². The highest BCUT2D eigenvalue weighted by Crippen LogP contribution is 2.49. The van der Waals surface area contributed by atoms with Gasteiger partial charge < -0.3 is 9.47 Å². The number of para-hydroxylation sites is 3. The molecular weight excluding hydrogens is 621 g/mol. The molecule has 9 rings (SSSR count). The molecule has 244 valence electrons. The van der Waals surface area contributed by atoms with Crippen molar-refractivity contribution in [2.45, 2.75) is 25.3 Å². The maximum Gasteiger partial charge on any atom is 0.0992 e. The molecule has 0 N–H and O–H groups in total. The molecule has 4 unspecified atom stereocenters. The third-order valence-corrected chi connectivity index (χ3v) is 11.4. The lowest BCUT2D eigenvalue weighted by molar-refractivity contribution is 0.448. The van der Waals surface area contributed by atoms with Crippen molar-refractivity contribution in [2.24, 2.45) is 11.8 Å². The van der Waals surface area contributed by atoms with E-state index in [9.17, 15) is 10.5 Å². The van der Waals surface area contributed by atoms with Crippen LogP contribution < -0.4 is 4.90 Å². The zero-order valence-corrected chi connectivity index (χ0v) is 28.7. The molecule has 0 radical (unpaired) electrons. The number of rotatable bonds is 5. The Hall–Kier alpha value is -6.36. The van der Waals surface area contributed by atoms with E-state index in [0.29, 0.717) is 5.56 Å². The van der Waals surface area contributed by atoms with Gasteiger partial charge in [0.25, 0.3) is 0 Å². The van der Waals surface area contributed by atoms with Crippen LogP contribution in [-0.4, -0.2) is 17.2 Å². The Bertz CT molecular complexity index is 2550. The van der Waals surface area contributed by atoms with Crippen molar-refractivity contribution in [1.82, 2.24) is 4.57 Å². The Balaban J connectivity index is 1.20. The van der Waals surface area contributed by atoms with E-state index in [2.05, 4.69) is 175 Å². The Kier molecular flexibility index (Phi) is 7.16. The van der Waals surface area contributed by atoms with Gasteiger partial charge in [-0.1, -0.05) is 122 Å². The molecule has 4 atom stereocenters. The van der Waals surface area contributed by atoms with Gasteiger partial charge in [-0.3, -0.25) is 0 Å². The fourth-order valence-corrected chi connectivity index (χ4v) is 8.80. The highest BCUT2D eigenvalue weighted by atomic mass is 15.2. The van der Waals surface area contributed by atoms with Gasteiger partial charge in [0, 0.05) is 45.5 Å². The number of hydrogen-bond acceptors (Lipinski definition) is 3. The molecule has 1 aliphatic heterocycles. The summed E-state index contributed by atoms with van der Waals surface area (Å²) in [6, 6.07) is 45.4. The van der Waals surface area contributed by atoms with E-state index in [1.807, 2.05) is 12.1 Å². The molecule has 1 aromatic heterocycles. The summed E-state index contributed by atoms with van der Waals surface area (Å²) >= 11 is 0. The molecular formula is C47H36N4. The highest BCUT2D eigenvalue weighted by Gasteiger charge is 2.46. The Morgan fingerprint density at radius 1 is 0.706 bits per heavy atom. The van der Waals surface area contributed by atoms with Crippen molar-refractivity contribution < 1.29 is 0 Å². The van der Waals surface area contributed by atoms with Crippen molar-refractivity contribution in [3.8, 4) is 29.0 Å². The molecule has 0 spiro atoms. The smallest absolute Gasteiger partial charge is 0.0992 e. The number of nitriles is 2. The number of aromatic nitrogens is 1. The predicted molar refractivity (Wildman–Crippen MR) is 208 cm³/mol. The Morgan fingerprint density at radius 2 is 1.39 bits per heavy atom. The Labute approximate surface area is 298 Å². The van der Waals surface area contributed by atoms with Gasteiger partial charge in [0.2, 0.25) is 0 Å². The first kappa shape index (κ1) is 30.7. The lowest BCUT2D eigenvalue weighted by Crippen LogP contribution is -2.44. The van der Waals surface area contributed by atoms with Gasteiger partial charge in [0.15, 0.2) is 0 Å². The van der Waals surface area contributed by atoms with E-state index in [1.165, 1.54) is 22.0 Å². The van der Waals surface area contributed by atoms with Crippen molar-refractivity contribution >= 4 is 33.1 Å². The molecule has 0 bridgehead atoms. The minimum absolute atomic E-state index is 0.0659. The topological polar surface area (TPSA) is 55.8 Å². The van der Waals surface area contributed by atoms with Gasteiger partial charge in [-0.2, -0.15) is 10.5 Å². The van der Waals surface area contributed by atoms with Gasteiger partial charge >= 0.3 is 0 Å². The summed E-state index contributed by atoms with van der Waals surface area (Å²) in [5, 5.41) is 22.9. The molecule has 2 heterocycles. The minimum atomic E-state index is -0.102. The number of benzene rings is 5. The normalized spacial score (nSPS) is 21.9. The fraction of sp³-hybridized carbons (Fsp3) is 0.149. The van der Waals surface area contributed by atoms with Crippen molar-refractivity contribution in [3.63, 3.8) is 0 Å². The maximum absolute atomic E-state index is 10.5. The second-order valence-electron chi connectivity index (χ2n) is 14.2. The van der Waals surface area contributed by atoms with Crippen molar-refractivity contribution in [1.29, 1.82) is 10.5 Å². The molecule has 4 nitrogen and oxygen atoms in total. The van der Waals surface area contributed by atoms with Gasteiger partial charge in [-0.05, 0) is 71.5 Å². The quantitative estimate of drug-likeness (QED) is 0.186. The molecule has 5 aromatic carbocycles. The number of hydrogen-bond donors (Lipinski definition) is 0. The van der Waals surface area contributed by atoms with Crippen LogP contribution in [0.4, 0.5) is 5.69 Å². The van der Waals surface area contributed by atoms with Crippen LogP contribution in [-0.2, 0) is 5.41 Å². The summed E-state index contributed by atoms with van der Waals surface area (Å²) in [6.45, 7) is 5.33. The largest absolute Gasteiger partial charge is 0.363 e.